The summed E-state index contributed by atoms with van der Waals surface area (Å²) in [5.41, 5.74) is 7.68. The number of fused-ring (bicyclic) bond motifs is 1. The van der Waals surface area contributed by atoms with E-state index in [4.69, 9.17) is 5.73 Å². The molecule has 2 N–H and O–H groups in total. The number of halogens is 3. The Labute approximate surface area is 99.6 Å². The first-order chi connectivity index (χ1) is 7.43. The molecular formula is C11H9BrF2N2. The molecule has 0 saturated heterocycles. The number of benzene rings is 1. The Hall–Kier alpha value is -1.23. The lowest BCUT2D eigenvalue weighted by molar-refractivity contribution is 0.586. The molecular weight excluding hydrogens is 278 g/mol. The molecule has 2 nitrogen and oxygen atoms in total. The minimum Gasteiger partial charge on any atom is -0.398 e. The van der Waals surface area contributed by atoms with Crippen molar-refractivity contribution in [1.82, 2.24) is 4.98 Å². The van der Waals surface area contributed by atoms with Crippen LogP contribution in [0.1, 0.15) is 11.3 Å². The summed E-state index contributed by atoms with van der Waals surface area (Å²) in [7, 11) is 0. The van der Waals surface area contributed by atoms with Crippen LogP contribution in [0, 0.1) is 25.5 Å². The predicted molar refractivity (Wildman–Crippen MR) is 63.2 cm³/mol. The molecule has 1 heterocycles. The van der Waals surface area contributed by atoms with Crippen molar-refractivity contribution in [1.29, 1.82) is 0 Å². The van der Waals surface area contributed by atoms with Crippen LogP contribution in [0.25, 0.3) is 10.9 Å². The normalized spacial score (nSPS) is 11.1. The second-order valence-corrected chi connectivity index (χ2v) is 4.41. The summed E-state index contributed by atoms with van der Waals surface area (Å²) in [5, 5.41) is 0.292. The van der Waals surface area contributed by atoms with Crippen LogP contribution in [0.2, 0.25) is 0 Å². The topological polar surface area (TPSA) is 38.9 Å². The van der Waals surface area contributed by atoms with Crippen LogP contribution in [-0.2, 0) is 0 Å². The van der Waals surface area contributed by atoms with Gasteiger partial charge in [-0.3, -0.25) is 0 Å². The van der Waals surface area contributed by atoms with E-state index in [1.165, 1.54) is 0 Å². The lowest BCUT2D eigenvalue weighted by Gasteiger charge is -2.11. The number of aromatic nitrogens is 1. The summed E-state index contributed by atoms with van der Waals surface area (Å²) >= 11 is 3.06. The molecule has 0 amide bonds. The van der Waals surface area contributed by atoms with Gasteiger partial charge in [0.05, 0.1) is 4.47 Å². The highest BCUT2D eigenvalue weighted by Crippen LogP contribution is 2.34. The number of pyridine rings is 1. The highest BCUT2D eigenvalue weighted by molar-refractivity contribution is 9.10. The van der Waals surface area contributed by atoms with Crippen LogP contribution in [0.3, 0.4) is 0 Å². The van der Waals surface area contributed by atoms with E-state index in [0.29, 0.717) is 16.8 Å². The Balaban J connectivity index is 3.07. The summed E-state index contributed by atoms with van der Waals surface area (Å²) in [6, 6.07) is 0.799. The van der Waals surface area contributed by atoms with Crippen LogP contribution in [0.4, 0.5) is 14.5 Å². The second kappa shape index (κ2) is 3.66. The van der Waals surface area contributed by atoms with Crippen molar-refractivity contribution in [3.05, 3.63) is 33.4 Å². The van der Waals surface area contributed by atoms with E-state index in [1.54, 1.807) is 13.8 Å². The molecule has 1 aromatic heterocycles. The molecule has 0 fully saturated rings. The third-order valence-electron chi connectivity index (χ3n) is 2.64. The molecule has 0 saturated carbocycles. The van der Waals surface area contributed by atoms with Crippen molar-refractivity contribution in [3.63, 3.8) is 0 Å². The summed E-state index contributed by atoms with van der Waals surface area (Å²) < 4.78 is 27.0. The maximum atomic E-state index is 13.5. The van der Waals surface area contributed by atoms with Crippen LogP contribution >= 0.6 is 15.9 Å². The molecule has 1 aromatic carbocycles. The fraction of sp³-hybridized carbons (Fsp3) is 0.182. The maximum Gasteiger partial charge on any atom is 0.152 e. The first-order valence-corrected chi connectivity index (χ1v) is 5.42. The van der Waals surface area contributed by atoms with E-state index in [2.05, 4.69) is 20.9 Å². The molecule has 0 radical (unpaired) electrons. The zero-order valence-corrected chi connectivity index (χ0v) is 10.3. The van der Waals surface area contributed by atoms with Crippen molar-refractivity contribution in [2.24, 2.45) is 0 Å². The van der Waals surface area contributed by atoms with E-state index in [1.807, 2.05) is 0 Å². The number of nitrogen functional groups attached to an aromatic ring is 1. The third-order valence-corrected chi connectivity index (χ3v) is 3.42. The highest BCUT2D eigenvalue weighted by Gasteiger charge is 2.16. The Morgan fingerprint density at radius 3 is 2.50 bits per heavy atom. The number of rotatable bonds is 0. The van der Waals surface area contributed by atoms with Gasteiger partial charge < -0.3 is 5.73 Å². The second-order valence-electron chi connectivity index (χ2n) is 3.61. The minimum absolute atomic E-state index is 0.0916. The Morgan fingerprint density at radius 1 is 1.25 bits per heavy atom. The number of aryl methyl sites for hydroxylation is 1. The third kappa shape index (κ3) is 1.46. The zero-order valence-electron chi connectivity index (χ0n) is 8.74. The average molecular weight is 287 g/mol. The SMILES string of the molecule is Cc1nc2c(F)cc(F)c(Br)c2c(N)c1C. The van der Waals surface area contributed by atoms with Crippen molar-refractivity contribution in [3.8, 4) is 0 Å². The first kappa shape index (κ1) is 11.3. The van der Waals surface area contributed by atoms with E-state index < -0.39 is 11.6 Å². The fourth-order valence-electron chi connectivity index (χ4n) is 1.57. The summed E-state index contributed by atoms with van der Waals surface area (Å²) in [6.45, 7) is 3.51. The standard InChI is InChI=1S/C11H9BrF2N2/c1-4-5(2)16-11-7(14)3-6(13)9(12)8(11)10(4)15/h3H,1-2H3,(H2,15,16). The van der Waals surface area contributed by atoms with Gasteiger partial charge in [-0.2, -0.15) is 0 Å². The largest absolute Gasteiger partial charge is 0.398 e. The molecule has 84 valence electrons. The zero-order chi connectivity index (χ0) is 12.0. The molecule has 0 spiro atoms. The number of nitrogens with two attached hydrogens (primary N) is 1. The van der Waals surface area contributed by atoms with Crippen LogP contribution in [-0.4, -0.2) is 4.98 Å². The molecule has 2 rings (SSSR count). The molecule has 0 aliphatic carbocycles. The molecule has 0 bridgehead atoms. The van der Waals surface area contributed by atoms with E-state index in [9.17, 15) is 8.78 Å². The Bertz CT molecular complexity index is 597. The Kier molecular flexibility index (Phi) is 2.58. The molecule has 0 unspecified atom stereocenters. The molecule has 0 aliphatic heterocycles. The van der Waals surface area contributed by atoms with Crippen molar-refractivity contribution in [2.75, 3.05) is 5.73 Å². The fourth-order valence-corrected chi connectivity index (χ4v) is 2.09. The number of hydrogen-bond acceptors (Lipinski definition) is 2. The predicted octanol–water partition coefficient (Wildman–Crippen LogP) is 3.47. The van der Waals surface area contributed by atoms with Gasteiger partial charge in [-0.05, 0) is 35.3 Å². The van der Waals surface area contributed by atoms with Gasteiger partial charge in [0.15, 0.2) is 5.82 Å². The molecule has 5 heteroatoms. The lowest BCUT2D eigenvalue weighted by atomic mass is 10.1. The monoisotopic (exact) mass is 286 g/mol. The lowest BCUT2D eigenvalue weighted by Crippen LogP contribution is -2.01. The van der Waals surface area contributed by atoms with Crippen LogP contribution in [0.5, 0.6) is 0 Å². The van der Waals surface area contributed by atoms with Crippen molar-refractivity contribution >= 4 is 32.5 Å². The average Bonchev–Trinajstić information content (AvgIpc) is 2.22. The van der Waals surface area contributed by atoms with E-state index >= 15 is 0 Å². The van der Waals surface area contributed by atoms with Crippen molar-refractivity contribution < 1.29 is 8.78 Å². The van der Waals surface area contributed by atoms with Gasteiger partial charge in [-0.25, -0.2) is 13.8 Å². The van der Waals surface area contributed by atoms with Gasteiger partial charge in [0.2, 0.25) is 0 Å². The number of anilines is 1. The summed E-state index contributed by atoms with van der Waals surface area (Å²) in [4.78, 5) is 4.09. The van der Waals surface area contributed by atoms with Crippen molar-refractivity contribution in [2.45, 2.75) is 13.8 Å². The number of nitrogens with zero attached hydrogens (tertiary/aromatic N) is 1. The van der Waals surface area contributed by atoms with Gasteiger partial charge in [-0.15, -0.1) is 0 Å². The van der Waals surface area contributed by atoms with Gasteiger partial charge in [0.25, 0.3) is 0 Å². The molecule has 0 atom stereocenters. The van der Waals surface area contributed by atoms with E-state index in [0.717, 1.165) is 11.6 Å². The van der Waals surface area contributed by atoms with Gasteiger partial charge in [0, 0.05) is 22.8 Å². The summed E-state index contributed by atoms with van der Waals surface area (Å²) in [5.74, 6) is -1.38. The molecule has 2 aromatic rings. The quantitative estimate of drug-likeness (QED) is 0.753. The molecule has 0 aliphatic rings. The summed E-state index contributed by atoms with van der Waals surface area (Å²) in [6.07, 6.45) is 0. The van der Waals surface area contributed by atoms with Gasteiger partial charge >= 0.3 is 0 Å². The maximum absolute atomic E-state index is 13.5. The van der Waals surface area contributed by atoms with Crippen LogP contribution < -0.4 is 5.73 Å². The smallest absolute Gasteiger partial charge is 0.152 e. The van der Waals surface area contributed by atoms with E-state index in [-0.39, 0.29) is 9.99 Å². The van der Waals surface area contributed by atoms with Crippen LogP contribution in [0.15, 0.2) is 10.5 Å². The highest BCUT2D eigenvalue weighted by atomic mass is 79.9. The number of hydrogen-bond donors (Lipinski definition) is 1. The molecule has 16 heavy (non-hydrogen) atoms. The first-order valence-electron chi connectivity index (χ1n) is 4.63. The minimum atomic E-state index is -0.703. The van der Waals surface area contributed by atoms with Gasteiger partial charge in [0.1, 0.15) is 11.3 Å². The Morgan fingerprint density at radius 2 is 1.88 bits per heavy atom. The van der Waals surface area contributed by atoms with Gasteiger partial charge in [-0.1, -0.05) is 0 Å².